The molecule has 0 aliphatic carbocycles. The Bertz CT molecular complexity index is 2850. The first-order valence-corrected chi connectivity index (χ1v) is 25.5. The lowest BCUT2D eigenvalue weighted by Gasteiger charge is -2.32. The maximum Gasteiger partial charge on any atom is 0.254 e. The van der Waals surface area contributed by atoms with Crippen LogP contribution in [0, 0.1) is 33.6 Å². The summed E-state index contributed by atoms with van der Waals surface area (Å²) < 4.78 is 13.8. The van der Waals surface area contributed by atoms with E-state index >= 15 is 0 Å². The van der Waals surface area contributed by atoms with Crippen molar-refractivity contribution < 1.29 is 28.8 Å². The third kappa shape index (κ3) is 10.4. The molecule has 362 valence electrons. The highest BCUT2D eigenvalue weighted by Crippen LogP contribution is 2.40. The average molecular weight is 994 g/mol. The predicted molar refractivity (Wildman–Crippen MR) is 265 cm³/mol. The highest BCUT2D eigenvalue weighted by Gasteiger charge is 2.43. The van der Waals surface area contributed by atoms with E-state index in [1.165, 1.54) is 9.78 Å². The number of ether oxygens (including phenoxy) is 1. The van der Waals surface area contributed by atoms with Gasteiger partial charge in [0.25, 0.3) is 5.88 Å². The van der Waals surface area contributed by atoms with Crippen molar-refractivity contribution in [3.63, 3.8) is 0 Å². The zero-order chi connectivity index (χ0) is 48.5. The lowest BCUT2D eigenvalue weighted by molar-refractivity contribution is -0.141. The number of β-amino-alcohol motifs (C(OH)–C–C–N with tert-alkyl or cyclic N) is 1. The van der Waals surface area contributed by atoms with Gasteiger partial charge in [0.15, 0.2) is 11.6 Å². The van der Waals surface area contributed by atoms with Crippen LogP contribution in [-0.2, 0) is 20.9 Å². The molecule has 2 saturated heterocycles. The van der Waals surface area contributed by atoms with Crippen molar-refractivity contribution in [3.05, 3.63) is 115 Å². The van der Waals surface area contributed by atoms with Crippen molar-refractivity contribution in [1.29, 1.82) is 0 Å². The van der Waals surface area contributed by atoms with Gasteiger partial charge in [0.1, 0.15) is 35.4 Å². The predicted octanol–water partition coefficient (Wildman–Crippen LogP) is 7.29. The molecule has 3 amide bonds. The molecule has 0 saturated carbocycles. The molecule has 16 nitrogen and oxygen atoms in total. The van der Waals surface area contributed by atoms with Crippen LogP contribution < -0.4 is 15.4 Å². The second kappa shape index (κ2) is 20.7. The molecule has 2 aromatic carbocycles. The molecule has 4 atom stereocenters. The van der Waals surface area contributed by atoms with Crippen molar-refractivity contribution in [2.75, 3.05) is 32.8 Å². The second-order valence-corrected chi connectivity index (χ2v) is 21.0. The summed E-state index contributed by atoms with van der Waals surface area (Å²) in [5.74, 6) is 0.337. The number of amides is 3. The number of thiophene rings is 1. The fraction of sp³-hybridized carbons (Fsp3) is 0.440. The molecule has 4 aromatic heterocycles. The molecule has 69 heavy (non-hydrogen) atoms. The van der Waals surface area contributed by atoms with Crippen LogP contribution in [0.1, 0.15) is 102 Å². The number of aliphatic imine (C=N–C) groups is 1. The number of hydrogen-bond donors (Lipinski definition) is 3. The first kappa shape index (κ1) is 48.2. The topological polar surface area (TPSA) is 193 Å². The van der Waals surface area contributed by atoms with Crippen LogP contribution in [0.3, 0.4) is 0 Å². The van der Waals surface area contributed by atoms with Crippen molar-refractivity contribution >= 4 is 57.7 Å². The van der Waals surface area contributed by atoms with Gasteiger partial charge in [-0.1, -0.05) is 61.8 Å². The Morgan fingerprint density at radius 2 is 1.74 bits per heavy atom. The van der Waals surface area contributed by atoms with Crippen molar-refractivity contribution in [1.82, 2.24) is 45.3 Å². The van der Waals surface area contributed by atoms with Crippen LogP contribution in [0.4, 0.5) is 0 Å². The van der Waals surface area contributed by atoms with E-state index < -0.39 is 24.1 Å². The summed E-state index contributed by atoms with van der Waals surface area (Å²) in [5, 5.41) is 31.7. The zero-order valence-electron chi connectivity index (χ0n) is 39.6. The molecule has 6 aromatic rings. The van der Waals surface area contributed by atoms with E-state index in [9.17, 15) is 19.5 Å². The Balaban J connectivity index is 0.758. The van der Waals surface area contributed by atoms with Crippen LogP contribution in [0.25, 0.3) is 15.4 Å². The smallest absolute Gasteiger partial charge is 0.254 e. The number of aromatic nitrogens is 5. The molecular formula is C50H57ClN10O6S2. The molecule has 3 aliphatic rings. The van der Waals surface area contributed by atoms with Crippen LogP contribution in [0.2, 0.25) is 5.02 Å². The number of rotatable bonds is 15. The number of aryl methyl sites for hydroxylation is 3. The number of carbonyl (C=O) groups is 3. The summed E-state index contributed by atoms with van der Waals surface area (Å²) in [5.41, 5.74) is 8.68. The summed E-state index contributed by atoms with van der Waals surface area (Å²) in [6, 6.07) is 15.9. The SMILES string of the molecule is Cc1ncsc1-c1ccc(CNC(=O)[C@@H]2C[C@@H](O)CN2C(=O)[C@@H](c2cc(OCCN3CCC(NC(=O)C[C@@H]4N=C(c5ccc(Cl)cc5)c5c(sc(C)c5C)-n5c(C)nnc54)CC3)no2)C(C)C)cc1. The largest absolute Gasteiger partial charge is 0.474 e. The van der Waals surface area contributed by atoms with Crippen molar-refractivity contribution in [2.45, 2.75) is 104 Å². The van der Waals surface area contributed by atoms with E-state index in [2.05, 4.69) is 54.3 Å². The number of benzene rings is 2. The normalized spacial score (nSPS) is 18.9. The minimum atomic E-state index is -0.830. The molecular weight excluding hydrogens is 936 g/mol. The first-order valence-electron chi connectivity index (χ1n) is 23.5. The Morgan fingerprint density at radius 1 is 1.00 bits per heavy atom. The number of aliphatic hydroxyl groups is 1. The van der Waals surface area contributed by atoms with Gasteiger partial charge in [-0.3, -0.25) is 28.8 Å². The summed E-state index contributed by atoms with van der Waals surface area (Å²) in [6.45, 7) is 14.8. The van der Waals surface area contributed by atoms with E-state index in [1.807, 2.05) is 81.7 Å². The maximum atomic E-state index is 14.2. The Hall–Kier alpha value is -5.79. The van der Waals surface area contributed by atoms with Crippen LogP contribution >= 0.6 is 34.3 Å². The number of nitrogens with one attached hydrogen (secondary N) is 2. The number of thiazole rings is 1. The van der Waals surface area contributed by atoms with E-state index in [-0.39, 0.29) is 61.5 Å². The summed E-state index contributed by atoms with van der Waals surface area (Å²) in [6.07, 6.45) is 0.989. The van der Waals surface area contributed by atoms with E-state index in [1.54, 1.807) is 28.7 Å². The minimum Gasteiger partial charge on any atom is -0.474 e. The fourth-order valence-corrected chi connectivity index (χ4v) is 11.7. The molecule has 0 bridgehead atoms. The van der Waals surface area contributed by atoms with Crippen molar-refractivity contribution in [2.24, 2.45) is 10.9 Å². The van der Waals surface area contributed by atoms with Crippen LogP contribution in [0.15, 0.2) is 69.6 Å². The second-order valence-electron chi connectivity index (χ2n) is 18.5. The molecule has 9 rings (SSSR count). The molecule has 7 heterocycles. The lowest BCUT2D eigenvalue weighted by atomic mass is 9.91. The highest BCUT2D eigenvalue weighted by molar-refractivity contribution is 7.15. The van der Waals surface area contributed by atoms with Gasteiger partial charge < -0.3 is 29.9 Å². The standard InChI is InChI=1S/C50H57ClN10O6S2/c1-27(2)43(49(65)60-25-37(62)21-39(60)48(64)52-24-32-7-9-34(10-8-32)46-29(4)53-26-68-46)40-23-42(58-67-40)66-20-19-59-17-15-36(16-18-59)54-41(63)22-38-47-57-56-31(6)61(47)50-44(28(3)30(5)69-50)45(55-38)33-11-13-35(51)14-12-33/h7-14,23,26-27,36-39,43,62H,15-22,24-25H2,1-6H3,(H,52,64)(H,54,63)/t37-,38+,39+,43-/m1/s1. The number of fused-ring (bicyclic) bond motifs is 3. The van der Waals surface area contributed by atoms with E-state index in [0.717, 1.165) is 80.9 Å². The van der Waals surface area contributed by atoms with Gasteiger partial charge in [0, 0.05) is 72.3 Å². The molecule has 2 fully saturated rings. The Labute approximate surface area is 414 Å². The summed E-state index contributed by atoms with van der Waals surface area (Å²) >= 11 is 9.54. The maximum absolute atomic E-state index is 14.2. The number of hydrogen-bond acceptors (Lipinski definition) is 14. The summed E-state index contributed by atoms with van der Waals surface area (Å²) in [4.78, 5) is 57.1. The molecule has 3 aliphatic heterocycles. The van der Waals surface area contributed by atoms with Gasteiger partial charge in [-0.05, 0) is 80.4 Å². The van der Waals surface area contributed by atoms with Crippen LogP contribution in [-0.4, -0.2) is 114 Å². The van der Waals surface area contributed by atoms with Gasteiger partial charge in [-0.25, -0.2) is 4.98 Å². The monoisotopic (exact) mass is 992 g/mol. The zero-order valence-corrected chi connectivity index (χ0v) is 42.0. The van der Waals surface area contributed by atoms with E-state index in [0.29, 0.717) is 29.8 Å². The van der Waals surface area contributed by atoms with Gasteiger partial charge in [0.2, 0.25) is 17.7 Å². The quantitative estimate of drug-likeness (QED) is 0.0936. The number of aliphatic hydroxyl groups excluding tert-OH is 1. The Morgan fingerprint density at radius 3 is 2.45 bits per heavy atom. The fourth-order valence-electron chi connectivity index (χ4n) is 9.54. The average Bonchev–Trinajstić information content (AvgIpc) is 4.17. The minimum absolute atomic E-state index is 0.00823. The number of carbonyl (C=O) groups excluding carboxylic acids is 3. The van der Waals surface area contributed by atoms with Gasteiger partial charge in [0.05, 0.1) is 34.3 Å². The van der Waals surface area contributed by atoms with Gasteiger partial charge in [-0.2, -0.15) is 0 Å². The number of nitrogens with zero attached hydrogens (tertiary/aromatic N) is 8. The Kier molecular flexibility index (Phi) is 14.4. The third-order valence-corrected chi connectivity index (χ3v) is 15.8. The van der Waals surface area contributed by atoms with Crippen molar-refractivity contribution in [3.8, 4) is 21.3 Å². The molecule has 3 N–H and O–H groups in total. The highest BCUT2D eigenvalue weighted by atomic mass is 35.5. The summed E-state index contributed by atoms with van der Waals surface area (Å²) in [7, 11) is 0. The van der Waals surface area contributed by atoms with E-state index in [4.69, 9.17) is 25.9 Å². The lowest BCUT2D eigenvalue weighted by Crippen LogP contribution is -2.48. The van der Waals surface area contributed by atoms with Gasteiger partial charge >= 0.3 is 0 Å². The number of likely N-dealkylation sites (tertiary alicyclic amines) is 2. The van der Waals surface area contributed by atoms with Crippen LogP contribution in [0.5, 0.6) is 5.88 Å². The molecule has 19 heteroatoms. The molecule has 0 radical (unpaired) electrons. The number of piperidine rings is 1. The molecule has 0 spiro atoms. The third-order valence-electron chi connectivity index (χ3n) is 13.4. The first-order chi connectivity index (χ1) is 33.2. The van der Waals surface area contributed by atoms with Gasteiger partial charge in [-0.15, -0.1) is 32.9 Å². The number of halogens is 1. The molecule has 0 unspecified atom stereocenters.